The molecule has 0 bridgehead atoms. The van der Waals surface area contributed by atoms with Crippen molar-refractivity contribution in [1.82, 2.24) is 29.6 Å². The van der Waals surface area contributed by atoms with Crippen LogP contribution in [0, 0.1) is 0 Å². The maximum atomic E-state index is 4.60. The molecule has 0 fully saturated rings. The van der Waals surface area contributed by atoms with Gasteiger partial charge < -0.3 is 5.32 Å². The van der Waals surface area contributed by atoms with Gasteiger partial charge in [0, 0.05) is 55.9 Å². The lowest BCUT2D eigenvalue weighted by molar-refractivity contribution is 0.543. The molecule has 3 heterocycles. The van der Waals surface area contributed by atoms with Gasteiger partial charge in [0.1, 0.15) is 12.1 Å². The zero-order valence-electron chi connectivity index (χ0n) is 14.7. The number of aryl methyl sites for hydroxylation is 1. The van der Waals surface area contributed by atoms with Crippen LogP contribution in [0.1, 0.15) is 37.6 Å². The van der Waals surface area contributed by atoms with Crippen LogP contribution in [-0.4, -0.2) is 24.3 Å². The number of nitrogens with one attached hydrogen (secondary N) is 1. The molecule has 3 aromatic heterocycles. The number of imidazole rings is 1. The average molecular weight is 324 g/mol. The number of nitrogens with zero attached hydrogens (tertiary/aromatic N) is 5. The van der Waals surface area contributed by atoms with Crippen LogP contribution in [0.4, 0.5) is 0 Å². The molecule has 24 heavy (non-hydrogen) atoms. The van der Waals surface area contributed by atoms with Crippen LogP contribution in [0.2, 0.25) is 0 Å². The highest BCUT2D eigenvalue weighted by molar-refractivity contribution is 5.26. The highest BCUT2D eigenvalue weighted by atomic mass is 15.3. The summed E-state index contributed by atoms with van der Waals surface area (Å²) in [6.45, 7) is 8.14. The monoisotopic (exact) mass is 324 g/mol. The number of hydrogen-bond acceptors (Lipinski definition) is 4. The second-order valence-electron chi connectivity index (χ2n) is 7.02. The lowest BCUT2D eigenvalue weighted by Gasteiger charge is -2.17. The molecule has 0 aliphatic carbocycles. The van der Waals surface area contributed by atoms with E-state index in [1.165, 1.54) is 5.56 Å². The van der Waals surface area contributed by atoms with Gasteiger partial charge in [-0.3, -0.25) is 9.25 Å². The first-order valence-corrected chi connectivity index (χ1v) is 8.10. The molecular weight excluding hydrogens is 300 g/mol. The summed E-state index contributed by atoms with van der Waals surface area (Å²) >= 11 is 0. The van der Waals surface area contributed by atoms with Crippen LogP contribution < -0.4 is 5.32 Å². The minimum atomic E-state index is 0.0479. The fourth-order valence-electron chi connectivity index (χ4n) is 2.71. The van der Waals surface area contributed by atoms with Crippen LogP contribution >= 0.6 is 0 Å². The largest absolute Gasteiger partial charge is 0.308 e. The Morgan fingerprint density at radius 1 is 1.17 bits per heavy atom. The van der Waals surface area contributed by atoms with Crippen molar-refractivity contribution in [1.29, 1.82) is 0 Å². The summed E-state index contributed by atoms with van der Waals surface area (Å²) in [5, 5.41) is 8.09. The van der Waals surface area contributed by atoms with E-state index in [1.54, 1.807) is 12.5 Å². The summed E-state index contributed by atoms with van der Waals surface area (Å²) in [5.41, 5.74) is 3.59. The zero-order chi connectivity index (χ0) is 17.2. The summed E-state index contributed by atoms with van der Waals surface area (Å²) < 4.78 is 3.78. The Hall–Kier alpha value is -2.47. The normalized spacial score (nSPS) is 11.8. The van der Waals surface area contributed by atoms with Gasteiger partial charge in [0.15, 0.2) is 0 Å². The van der Waals surface area contributed by atoms with Crippen molar-refractivity contribution in [3.05, 3.63) is 60.1 Å². The van der Waals surface area contributed by atoms with Gasteiger partial charge in [-0.1, -0.05) is 26.8 Å². The van der Waals surface area contributed by atoms with Crippen LogP contribution in [0.25, 0.3) is 5.82 Å². The Bertz CT molecular complexity index is 778. The predicted molar refractivity (Wildman–Crippen MR) is 93.8 cm³/mol. The molecule has 3 rings (SSSR count). The third-order valence-electron chi connectivity index (χ3n) is 3.84. The quantitative estimate of drug-likeness (QED) is 0.783. The maximum absolute atomic E-state index is 4.60. The second-order valence-corrected chi connectivity index (χ2v) is 7.02. The molecule has 0 unspecified atom stereocenters. The maximum Gasteiger partial charge on any atom is 0.137 e. The van der Waals surface area contributed by atoms with Crippen molar-refractivity contribution in [2.75, 3.05) is 0 Å². The van der Waals surface area contributed by atoms with Crippen LogP contribution in [0.5, 0.6) is 0 Å². The number of hydrogen-bond donors (Lipinski definition) is 1. The minimum Gasteiger partial charge on any atom is -0.308 e. The summed E-state index contributed by atoms with van der Waals surface area (Å²) in [6.07, 6.45) is 9.37. The van der Waals surface area contributed by atoms with Gasteiger partial charge in [0.25, 0.3) is 0 Å². The Kier molecular flexibility index (Phi) is 4.49. The highest BCUT2D eigenvalue weighted by Gasteiger charge is 2.21. The van der Waals surface area contributed by atoms with E-state index < -0.39 is 0 Å². The summed E-state index contributed by atoms with van der Waals surface area (Å²) in [4.78, 5) is 8.51. The average Bonchev–Trinajstić information content (AvgIpc) is 3.17. The van der Waals surface area contributed by atoms with Gasteiger partial charge in [-0.2, -0.15) is 5.10 Å². The van der Waals surface area contributed by atoms with E-state index in [2.05, 4.69) is 53.4 Å². The van der Waals surface area contributed by atoms with E-state index in [0.29, 0.717) is 0 Å². The van der Waals surface area contributed by atoms with Crippen LogP contribution in [0.3, 0.4) is 0 Å². The highest BCUT2D eigenvalue weighted by Crippen LogP contribution is 2.24. The van der Waals surface area contributed by atoms with Crippen molar-refractivity contribution >= 4 is 0 Å². The third kappa shape index (κ3) is 3.71. The standard InChI is InChI=1S/C18H24N6/c1-18(2,3)17-15(12-23(4)22-17)11-20-9-14-5-6-16(21-10-14)24-8-7-19-13-24/h5-8,10,12-13,20H,9,11H2,1-4H3. The number of pyridine rings is 1. The Balaban J connectivity index is 1.61. The van der Waals surface area contributed by atoms with Gasteiger partial charge in [-0.05, 0) is 11.6 Å². The smallest absolute Gasteiger partial charge is 0.137 e. The molecule has 0 spiro atoms. The van der Waals surface area contributed by atoms with Gasteiger partial charge in [0.05, 0.1) is 5.69 Å². The first kappa shape index (κ1) is 16.4. The SMILES string of the molecule is Cn1cc(CNCc2ccc(-n3ccnc3)nc2)c(C(C)(C)C)n1. The molecular formula is C18H24N6. The Labute approximate surface area is 142 Å². The lowest BCUT2D eigenvalue weighted by Crippen LogP contribution is -2.19. The van der Waals surface area contributed by atoms with Crippen LogP contribution in [-0.2, 0) is 25.6 Å². The molecule has 0 aliphatic rings. The van der Waals surface area contributed by atoms with Crippen molar-refractivity contribution in [2.24, 2.45) is 7.05 Å². The number of aromatic nitrogens is 5. The van der Waals surface area contributed by atoms with Gasteiger partial charge in [-0.25, -0.2) is 9.97 Å². The molecule has 0 aliphatic heterocycles. The summed E-state index contributed by atoms with van der Waals surface area (Å²) in [7, 11) is 1.97. The van der Waals surface area contributed by atoms with E-state index >= 15 is 0 Å². The molecule has 0 amide bonds. The topological polar surface area (TPSA) is 60.6 Å². The molecule has 126 valence electrons. The molecule has 0 saturated heterocycles. The molecule has 6 heteroatoms. The van der Waals surface area contributed by atoms with Crippen molar-refractivity contribution < 1.29 is 0 Å². The molecule has 0 saturated carbocycles. The fraction of sp³-hybridized carbons (Fsp3) is 0.389. The Morgan fingerprint density at radius 2 is 2.00 bits per heavy atom. The van der Waals surface area contributed by atoms with E-state index in [9.17, 15) is 0 Å². The first-order valence-electron chi connectivity index (χ1n) is 8.10. The molecule has 0 radical (unpaired) electrons. The first-order chi connectivity index (χ1) is 11.4. The third-order valence-corrected chi connectivity index (χ3v) is 3.84. The van der Waals surface area contributed by atoms with Crippen molar-refractivity contribution in [2.45, 2.75) is 39.3 Å². The van der Waals surface area contributed by atoms with E-state index in [4.69, 9.17) is 0 Å². The fourth-order valence-corrected chi connectivity index (χ4v) is 2.71. The predicted octanol–water partition coefficient (Wildman–Crippen LogP) is 2.59. The molecule has 6 nitrogen and oxygen atoms in total. The molecule has 3 aromatic rings. The van der Waals surface area contributed by atoms with Crippen molar-refractivity contribution in [3.63, 3.8) is 0 Å². The van der Waals surface area contributed by atoms with Gasteiger partial charge in [-0.15, -0.1) is 0 Å². The van der Waals surface area contributed by atoms with Gasteiger partial charge >= 0.3 is 0 Å². The summed E-state index contributed by atoms with van der Waals surface area (Å²) in [6, 6.07) is 4.09. The van der Waals surface area contributed by atoms with Crippen LogP contribution in [0.15, 0.2) is 43.2 Å². The van der Waals surface area contributed by atoms with E-state index in [-0.39, 0.29) is 5.41 Å². The van der Waals surface area contributed by atoms with Crippen molar-refractivity contribution in [3.8, 4) is 5.82 Å². The minimum absolute atomic E-state index is 0.0479. The zero-order valence-corrected chi connectivity index (χ0v) is 14.7. The van der Waals surface area contributed by atoms with E-state index in [0.717, 1.165) is 30.2 Å². The second kappa shape index (κ2) is 6.57. The molecule has 1 N–H and O–H groups in total. The molecule has 0 atom stereocenters. The Morgan fingerprint density at radius 3 is 2.62 bits per heavy atom. The summed E-state index contributed by atoms with van der Waals surface area (Å²) in [5.74, 6) is 0.874. The van der Waals surface area contributed by atoms with E-state index in [1.807, 2.05) is 34.8 Å². The number of rotatable bonds is 5. The lowest BCUT2D eigenvalue weighted by atomic mass is 9.89. The van der Waals surface area contributed by atoms with Gasteiger partial charge in [0.2, 0.25) is 0 Å². The molecule has 0 aromatic carbocycles.